The Morgan fingerprint density at radius 2 is 1.70 bits per heavy atom. The number of aryl methyl sites for hydroxylation is 1. The monoisotopic (exact) mass is 268 g/mol. The molecule has 0 bridgehead atoms. The molecule has 0 saturated heterocycles. The van der Waals surface area contributed by atoms with E-state index in [2.05, 4.69) is 0 Å². The number of amides is 1. The molecule has 2 aromatic rings. The van der Waals surface area contributed by atoms with Gasteiger partial charge in [0.15, 0.2) is 0 Å². The zero-order valence-electron chi connectivity index (χ0n) is 11.9. The second-order valence-corrected chi connectivity index (χ2v) is 5.03. The highest BCUT2D eigenvalue weighted by atomic mass is 16.2. The Kier molecular flexibility index (Phi) is 4.53. The summed E-state index contributed by atoms with van der Waals surface area (Å²) in [5.74, 6) is -0.0716. The molecule has 0 aliphatic heterocycles. The van der Waals surface area contributed by atoms with E-state index in [4.69, 9.17) is 5.73 Å². The first-order chi connectivity index (χ1) is 9.58. The molecule has 104 valence electrons. The van der Waals surface area contributed by atoms with Crippen molar-refractivity contribution in [3.63, 3.8) is 0 Å². The normalized spacial score (nSPS) is 11.9. The van der Waals surface area contributed by atoms with E-state index in [0.717, 1.165) is 11.3 Å². The van der Waals surface area contributed by atoms with Gasteiger partial charge >= 0.3 is 0 Å². The molecule has 0 unspecified atom stereocenters. The van der Waals surface area contributed by atoms with Crippen LogP contribution in [0.25, 0.3) is 0 Å². The zero-order valence-corrected chi connectivity index (χ0v) is 11.9. The number of anilines is 1. The topological polar surface area (TPSA) is 46.3 Å². The molecule has 0 aliphatic carbocycles. The number of benzene rings is 2. The predicted molar refractivity (Wildman–Crippen MR) is 82.5 cm³/mol. The van der Waals surface area contributed by atoms with Gasteiger partial charge in [-0.25, -0.2) is 0 Å². The lowest BCUT2D eigenvalue weighted by atomic mass is 10.1. The minimum atomic E-state index is -0.514. The summed E-state index contributed by atoms with van der Waals surface area (Å²) >= 11 is 0. The SMILES string of the molecule is Cc1ccc(N(Cc2ccccc2)C(=O)[C@H](C)N)cc1. The molecule has 1 amide bonds. The first-order valence-electron chi connectivity index (χ1n) is 6.75. The molecule has 2 rings (SSSR count). The Hall–Kier alpha value is -2.13. The maximum Gasteiger partial charge on any atom is 0.243 e. The Bertz CT molecular complexity index is 561. The van der Waals surface area contributed by atoms with Gasteiger partial charge in [0.25, 0.3) is 0 Å². The van der Waals surface area contributed by atoms with E-state index < -0.39 is 6.04 Å². The van der Waals surface area contributed by atoms with E-state index in [1.165, 1.54) is 5.56 Å². The van der Waals surface area contributed by atoms with Crippen molar-refractivity contribution in [1.29, 1.82) is 0 Å². The minimum Gasteiger partial charge on any atom is -0.320 e. The van der Waals surface area contributed by atoms with Crippen LogP contribution in [0.4, 0.5) is 5.69 Å². The molecule has 0 radical (unpaired) electrons. The van der Waals surface area contributed by atoms with Gasteiger partial charge in [-0.05, 0) is 31.5 Å². The quantitative estimate of drug-likeness (QED) is 0.926. The summed E-state index contributed by atoms with van der Waals surface area (Å²) in [4.78, 5) is 14.1. The Morgan fingerprint density at radius 3 is 2.25 bits per heavy atom. The van der Waals surface area contributed by atoms with Crippen molar-refractivity contribution < 1.29 is 4.79 Å². The van der Waals surface area contributed by atoms with Gasteiger partial charge in [0.2, 0.25) is 5.91 Å². The third-order valence-electron chi connectivity index (χ3n) is 3.18. The second kappa shape index (κ2) is 6.35. The summed E-state index contributed by atoms with van der Waals surface area (Å²) in [7, 11) is 0. The van der Waals surface area contributed by atoms with Crippen molar-refractivity contribution >= 4 is 11.6 Å². The van der Waals surface area contributed by atoms with Crippen LogP contribution in [-0.4, -0.2) is 11.9 Å². The van der Waals surface area contributed by atoms with Crippen molar-refractivity contribution in [2.24, 2.45) is 5.73 Å². The second-order valence-electron chi connectivity index (χ2n) is 5.03. The molecule has 20 heavy (non-hydrogen) atoms. The molecule has 0 heterocycles. The summed E-state index contributed by atoms with van der Waals surface area (Å²) < 4.78 is 0. The number of hydrogen-bond donors (Lipinski definition) is 1. The third kappa shape index (κ3) is 3.45. The highest BCUT2D eigenvalue weighted by Gasteiger charge is 2.19. The van der Waals surface area contributed by atoms with Crippen LogP contribution < -0.4 is 10.6 Å². The predicted octanol–water partition coefficient (Wildman–Crippen LogP) is 2.88. The van der Waals surface area contributed by atoms with Crippen LogP contribution in [0, 0.1) is 6.92 Å². The maximum absolute atomic E-state index is 12.3. The van der Waals surface area contributed by atoms with Crippen molar-refractivity contribution in [3.05, 3.63) is 65.7 Å². The third-order valence-corrected chi connectivity index (χ3v) is 3.18. The van der Waals surface area contributed by atoms with Gasteiger partial charge in [0.05, 0.1) is 12.6 Å². The van der Waals surface area contributed by atoms with Gasteiger partial charge < -0.3 is 10.6 Å². The van der Waals surface area contributed by atoms with Crippen LogP contribution in [0.1, 0.15) is 18.1 Å². The molecule has 3 nitrogen and oxygen atoms in total. The highest BCUT2D eigenvalue weighted by Crippen LogP contribution is 2.19. The van der Waals surface area contributed by atoms with E-state index in [1.54, 1.807) is 11.8 Å². The molecule has 1 atom stereocenters. The van der Waals surface area contributed by atoms with Gasteiger partial charge in [0.1, 0.15) is 0 Å². The molecular formula is C17H20N2O. The van der Waals surface area contributed by atoms with Crippen LogP contribution in [0.3, 0.4) is 0 Å². The van der Waals surface area contributed by atoms with Crippen molar-refractivity contribution in [2.75, 3.05) is 4.90 Å². The standard InChI is InChI=1S/C17H20N2O/c1-13-8-10-16(11-9-13)19(17(20)14(2)18)12-15-6-4-3-5-7-15/h3-11,14H,12,18H2,1-2H3/t14-/m0/s1. The fourth-order valence-corrected chi connectivity index (χ4v) is 2.03. The molecule has 0 spiro atoms. The van der Waals surface area contributed by atoms with Gasteiger partial charge in [-0.15, -0.1) is 0 Å². The Labute approximate surface area is 120 Å². The number of carbonyl (C=O) groups is 1. The van der Waals surface area contributed by atoms with Crippen LogP contribution in [0.2, 0.25) is 0 Å². The smallest absolute Gasteiger partial charge is 0.243 e. The molecule has 0 fully saturated rings. The zero-order chi connectivity index (χ0) is 14.5. The molecule has 0 saturated carbocycles. The number of hydrogen-bond acceptors (Lipinski definition) is 2. The lowest BCUT2D eigenvalue weighted by Gasteiger charge is -2.25. The largest absolute Gasteiger partial charge is 0.320 e. The molecule has 3 heteroatoms. The molecule has 2 N–H and O–H groups in total. The van der Waals surface area contributed by atoms with E-state index in [-0.39, 0.29) is 5.91 Å². The number of nitrogens with two attached hydrogens (primary N) is 1. The Morgan fingerprint density at radius 1 is 1.10 bits per heavy atom. The lowest BCUT2D eigenvalue weighted by Crippen LogP contribution is -2.41. The van der Waals surface area contributed by atoms with Gasteiger partial charge in [-0.3, -0.25) is 4.79 Å². The van der Waals surface area contributed by atoms with Crippen LogP contribution >= 0.6 is 0 Å². The van der Waals surface area contributed by atoms with Gasteiger partial charge in [-0.2, -0.15) is 0 Å². The first-order valence-corrected chi connectivity index (χ1v) is 6.75. The van der Waals surface area contributed by atoms with Gasteiger partial charge in [0, 0.05) is 5.69 Å². The van der Waals surface area contributed by atoms with E-state index >= 15 is 0 Å². The van der Waals surface area contributed by atoms with Crippen LogP contribution in [0.15, 0.2) is 54.6 Å². The van der Waals surface area contributed by atoms with Crippen molar-refractivity contribution in [1.82, 2.24) is 0 Å². The fourth-order valence-electron chi connectivity index (χ4n) is 2.03. The summed E-state index contributed by atoms with van der Waals surface area (Å²) in [6.07, 6.45) is 0. The number of nitrogens with zero attached hydrogens (tertiary/aromatic N) is 1. The molecule has 0 aromatic heterocycles. The molecule has 2 aromatic carbocycles. The summed E-state index contributed by atoms with van der Waals surface area (Å²) in [6.45, 7) is 4.28. The minimum absolute atomic E-state index is 0.0716. The number of carbonyl (C=O) groups excluding carboxylic acids is 1. The van der Waals surface area contributed by atoms with Crippen molar-refractivity contribution in [2.45, 2.75) is 26.4 Å². The summed E-state index contributed by atoms with van der Waals surface area (Å²) in [6, 6.07) is 17.3. The first kappa shape index (κ1) is 14.3. The average molecular weight is 268 g/mol. The summed E-state index contributed by atoms with van der Waals surface area (Å²) in [5.41, 5.74) is 8.90. The molecular weight excluding hydrogens is 248 g/mol. The number of rotatable bonds is 4. The highest BCUT2D eigenvalue weighted by molar-refractivity contribution is 5.96. The van der Waals surface area contributed by atoms with Crippen LogP contribution in [0.5, 0.6) is 0 Å². The Balaban J connectivity index is 2.30. The summed E-state index contributed by atoms with van der Waals surface area (Å²) in [5, 5.41) is 0. The lowest BCUT2D eigenvalue weighted by molar-refractivity contribution is -0.119. The molecule has 0 aliphatic rings. The van der Waals surface area contributed by atoms with Gasteiger partial charge in [-0.1, -0.05) is 48.0 Å². The maximum atomic E-state index is 12.3. The van der Waals surface area contributed by atoms with E-state index in [1.807, 2.05) is 61.5 Å². The van der Waals surface area contributed by atoms with E-state index in [0.29, 0.717) is 6.54 Å². The van der Waals surface area contributed by atoms with Crippen LogP contribution in [-0.2, 0) is 11.3 Å². The van der Waals surface area contributed by atoms with E-state index in [9.17, 15) is 4.79 Å². The fraction of sp³-hybridized carbons (Fsp3) is 0.235. The van der Waals surface area contributed by atoms with Crippen molar-refractivity contribution in [3.8, 4) is 0 Å². The average Bonchev–Trinajstić information content (AvgIpc) is 2.46.